The van der Waals surface area contributed by atoms with E-state index in [-0.39, 0.29) is 5.78 Å². The number of nitrogens with zero attached hydrogens (tertiary/aromatic N) is 5. The Kier molecular flexibility index (Phi) is 5.23. The van der Waals surface area contributed by atoms with Crippen LogP contribution >= 0.6 is 0 Å². The zero-order valence-electron chi connectivity index (χ0n) is 19.7. The molecule has 1 saturated heterocycles. The van der Waals surface area contributed by atoms with Crippen LogP contribution in [-0.4, -0.2) is 63.7 Å². The number of hydrogen-bond donors (Lipinski definition) is 0. The quantitative estimate of drug-likeness (QED) is 0.689. The molecule has 3 aliphatic rings. The number of anilines is 1. The fourth-order valence-corrected chi connectivity index (χ4v) is 4.68. The SMILES string of the molecule is CCc1ccc(N2C(c3ccccc3)=CN3C2=NC2C3C(=O)N(C(C)C(C)=O)C(=O)N2C)cc1. The number of aryl methyl sites for hydroxylation is 1. The van der Waals surface area contributed by atoms with Gasteiger partial charge in [0.2, 0.25) is 5.96 Å². The second-order valence-electron chi connectivity index (χ2n) is 8.82. The minimum absolute atomic E-state index is 0.243. The molecule has 3 aliphatic heterocycles. The van der Waals surface area contributed by atoms with Crippen molar-refractivity contribution >= 4 is 35.1 Å². The molecular weight excluding hydrogens is 430 g/mol. The van der Waals surface area contributed by atoms with Gasteiger partial charge in [-0.1, -0.05) is 49.4 Å². The van der Waals surface area contributed by atoms with Gasteiger partial charge in [0.15, 0.2) is 18.0 Å². The van der Waals surface area contributed by atoms with Crippen molar-refractivity contribution < 1.29 is 14.4 Å². The maximum Gasteiger partial charge on any atom is 0.328 e. The van der Waals surface area contributed by atoms with E-state index in [1.807, 2.05) is 58.5 Å². The van der Waals surface area contributed by atoms with Crippen molar-refractivity contribution in [3.05, 3.63) is 71.9 Å². The number of carbonyl (C=O) groups is 3. The van der Waals surface area contributed by atoms with E-state index in [0.29, 0.717) is 5.96 Å². The van der Waals surface area contributed by atoms with Crippen LogP contribution in [0.2, 0.25) is 0 Å². The molecule has 3 atom stereocenters. The fourth-order valence-electron chi connectivity index (χ4n) is 4.68. The number of benzene rings is 2. The van der Waals surface area contributed by atoms with E-state index in [9.17, 15) is 14.4 Å². The molecule has 8 nitrogen and oxygen atoms in total. The van der Waals surface area contributed by atoms with Crippen molar-refractivity contribution in [2.24, 2.45) is 4.99 Å². The Morgan fingerprint density at radius 1 is 1.06 bits per heavy atom. The number of aliphatic imine (C=N–C) groups is 1. The van der Waals surface area contributed by atoms with Crippen molar-refractivity contribution in [2.45, 2.75) is 45.4 Å². The van der Waals surface area contributed by atoms with Gasteiger partial charge in [0.1, 0.15) is 0 Å². The van der Waals surface area contributed by atoms with E-state index in [2.05, 4.69) is 19.1 Å². The molecule has 0 radical (unpaired) electrons. The Labute approximate surface area is 198 Å². The topological polar surface area (TPSA) is 76.5 Å². The molecule has 0 spiro atoms. The van der Waals surface area contributed by atoms with Gasteiger partial charge >= 0.3 is 6.03 Å². The lowest BCUT2D eigenvalue weighted by molar-refractivity contribution is -0.142. The Hall–Kier alpha value is -3.94. The highest BCUT2D eigenvalue weighted by Gasteiger charge is 2.56. The zero-order valence-corrected chi connectivity index (χ0v) is 19.7. The number of imide groups is 1. The van der Waals surface area contributed by atoms with Crippen LogP contribution in [0.4, 0.5) is 10.5 Å². The number of fused-ring (bicyclic) bond motifs is 3. The molecule has 0 aliphatic carbocycles. The molecule has 5 rings (SSSR count). The van der Waals surface area contributed by atoms with Crippen LogP contribution in [0.5, 0.6) is 0 Å². The van der Waals surface area contributed by atoms with Gasteiger partial charge < -0.3 is 4.90 Å². The molecule has 2 aromatic rings. The molecule has 8 heteroatoms. The predicted octanol–water partition coefficient (Wildman–Crippen LogP) is 3.31. The van der Waals surface area contributed by atoms with E-state index in [4.69, 9.17) is 4.99 Å². The van der Waals surface area contributed by atoms with Crippen LogP contribution < -0.4 is 4.90 Å². The Morgan fingerprint density at radius 3 is 2.35 bits per heavy atom. The molecule has 1 fully saturated rings. The average Bonchev–Trinajstić information content (AvgIpc) is 3.40. The van der Waals surface area contributed by atoms with Crippen LogP contribution in [0.15, 0.2) is 65.8 Å². The van der Waals surface area contributed by atoms with E-state index >= 15 is 0 Å². The van der Waals surface area contributed by atoms with Crippen LogP contribution in [-0.2, 0) is 16.0 Å². The molecular formula is C26H27N5O3. The monoisotopic (exact) mass is 457 g/mol. The minimum Gasteiger partial charge on any atom is -0.302 e. The summed E-state index contributed by atoms with van der Waals surface area (Å²) in [5, 5.41) is 0. The first-order valence-corrected chi connectivity index (χ1v) is 11.5. The second-order valence-corrected chi connectivity index (χ2v) is 8.82. The fraction of sp³-hybridized carbons (Fsp3) is 0.308. The highest BCUT2D eigenvalue weighted by Crippen LogP contribution is 2.40. The second kappa shape index (κ2) is 8.13. The van der Waals surface area contributed by atoms with E-state index < -0.39 is 30.2 Å². The standard InChI is InChI=1S/C26H27N5O3/c1-5-18-11-13-20(14-12-18)31-21(19-9-7-6-8-10-19)15-29-22-23(27-25(29)31)28(4)26(34)30(24(22)33)16(2)17(3)32/h6-16,22-23H,5H2,1-4H3. The molecule has 0 aromatic heterocycles. The number of carbonyl (C=O) groups excluding carboxylic acids is 3. The average molecular weight is 458 g/mol. The summed E-state index contributed by atoms with van der Waals surface area (Å²) in [5.74, 6) is -0.0721. The largest absolute Gasteiger partial charge is 0.328 e. The first-order valence-electron chi connectivity index (χ1n) is 11.5. The summed E-state index contributed by atoms with van der Waals surface area (Å²) in [7, 11) is 1.63. The highest BCUT2D eigenvalue weighted by molar-refractivity contribution is 6.16. The van der Waals surface area contributed by atoms with Crippen LogP contribution in [0.3, 0.4) is 0 Å². The molecule has 3 amide bonds. The van der Waals surface area contributed by atoms with Gasteiger partial charge in [-0.15, -0.1) is 0 Å². The van der Waals surface area contributed by atoms with Gasteiger partial charge in [-0.2, -0.15) is 0 Å². The number of hydrogen-bond acceptors (Lipinski definition) is 6. The van der Waals surface area contributed by atoms with Gasteiger partial charge in [-0.25, -0.2) is 9.79 Å². The summed E-state index contributed by atoms with van der Waals surface area (Å²) in [6, 6.07) is 16.1. The first kappa shape index (κ1) is 21.9. The summed E-state index contributed by atoms with van der Waals surface area (Å²) in [5.41, 5.74) is 4.02. The maximum atomic E-state index is 13.6. The number of urea groups is 1. The predicted molar refractivity (Wildman–Crippen MR) is 130 cm³/mol. The van der Waals surface area contributed by atoms with Crippen molar-refractivity contribution in [3.63, 3.8) is 0 Å². The van der Waals surface area contributed by atoms with Crippen molar-refractivity contribution in [1.29, 1.82) is 0 Å². The van der Waals surface area contributed by atoms with E-state index in [1.165, 1.54) is 17.4 Å². The third-order valence-electron chi connectivity index (χ3n) is 6.81. The number of guanidine groups is 1. The van der Waals surface area contributed by atoms with Crippen molar-refractivity contribution in [2.75, 3.05) is 11.9 Å². The van der Waals surface area contributed by atoms with Gasteiger partial charge in [0.25, 0.3) is 5.91 Å². The molecule has 0 N–H and O–H groups in total. The van der Waals surface area contributed by atoms with Crippen LogP contribution in [0.25, 0.3) is 5.70 Å². The molecule has 174 valence electrons. The molecule has 34 heavy (non-hydrogen) atoms. The van der Waals surface area contributed by atoms with Crippen molar-refractivity contribution in [3.8, 4) is 0 Å². The third-order valence-corrected chi connectivity index (χ3v) is 6.81. The maximum absolute atomic E-state index is 13.6. The van der Waals surface area contributed by atoms with Gasteiger partial charge in [-0.3, -0.25) is 24.3 Å². The summed E-state index contributed by atoms with van der Waals surface area (Å²) in [6.45, 7) is 5.08. The number of rotatable bonds is 5. The summed E-state index contributed by atoms with van der Waals surface area (Å²) in [6.07, 6.45) is 2.19. The zero-order chi connectivity index (χ0) is 24.1. The highest BCUT2D eigenvalue weighted by atomic mass is 16.2. The molecule has 2 aromatic carbocycles. The first-order chi connectivity index (χ1) is 16.3. The van der Waals surface area contributed by atoms with Crippen molar-refractivity contribution in [1.82, 2.24) is 14.7 Å². The minimum atomic E-state index is -0.842. The van der Waals surface area contributed by atoms with Gasteiger partial charge in [0.05, 0.1) is 11.7 Å². The Morgan fingerprint density at radius 2 is 1.74 bits per heavy atom. The van der Waals surface area contributed by atoms with E-state index in [0.717, 1.165) is 28.3 Å². The third kappa shape index (κ3) is 3.21. The van der Waals surface area contributed by atoms with Gasteiger partial charge in [0, 0.05) is 24.5 Å². The lowest BCUT2D eigenvalue weighted by Gasteiger charge is -2.41. The number of Topliss-reactive ketones (excluding diaryl/α,β-unsaturated/α-hetero) is 1. The van der Waals surface area contributed by atoms with Crippen LogP contribution in [0, 0.1) is 0 Å². The Bertz CT molecular complexity index is 1220. The normalized spacial score (nSPS) is 22.5. The summed E-state index contributed by atoms with van der Waals surface area (Å²) in [4.78, 5) is 49.9. The summed E-state index contributed by atoms with van der Waals surface area (Å²) < 4.78 is 0. The number of ketones is 1. The molecule has 3 unspecified atom stereocenters. The molecule has 0 bridgehead atoms. The smallest absolute Gasteiger partial charge is 0.302 e. The molecule has 0 saturated carbocycles. The van der Waals surface area contributed by atoms with Gasteiger partial charge in [-0.05, 0) is 38.0 Å². The summed E-state index contributed by atoms with van der Waals surface area (Å²) >= 11 is 0. The lowest BCUT2D eigenvalue weighted by Crippen LogP contribution is -2.66. The van der Waals surface area contributed by atoms with Crippen LogP contribution in [0.1, 0.15) is 31.9 Å². The number of amides is 3. The Balaban J connectivity index is 1.61. The lowest BCUT2D eigenvalue weighted by atomic mass is 10.1. The van der Waals surface area contributed by atoms with E-state index in [1.54, 1.807) is 14.0 Å². The molecule has 3 heterocycles. The number of likely N-dealkylation sites (N-methyl/N-ethyl adjacent to an activating group) is 1.